The van der Waals surface area contributed by atoms with E-state index in [4.69, 9.17) is 0 Å². The summed E-state index contributed by atoms with van der Waals surface area (Å²) in [7, 11) is 0. The molecule has 0 bridgehead atoms. The first-order valence-corrected chi connectivity index (χ1v) is 7.04. The van der Waals surface area contributed by atoms with Gasteiger partial charge in [0.05, 0.1) is 16.0 Å². The molecular weight excluding hydrogens is 264 g/mol. The highest BCUT2D eigenvalue weighted by Crippen LogP contribution is 2.31. The van der Waals surface area contributed by atoms with Crippen LogP contribution in [0.5, 0.6) is 0 Å². The lowest BCUT2D eigenvalue weighted by Gasteiger charge is -2.13. The first-order chi connectivity index (χ1) is 9.19. The summed E-state index contributed by atoms with van der Waals surface area (Å²) in [6, 6.07) is 4.89. The molecule has 0 amide bonds. The fourth-order valence-corrected chi connectivity index (χ4v) is 3.29. The fraction of sp³-hybridized carbons (Fsp3) is 0.417. The first kappa shape index (κ1) is 12.4. The van der Waals surface area contributed by atoms with Crippen LogP contribution in [0.1, 0.15) is 13.3 Å². The van der Waals surface area contributed by atoms with Gasteiger partial charge in [-0.05, 0) is 24.4 Å². The average Bonchev–Trinajstić information content (AvgIpc) is 2.61. The number of hydrogen-bond donors (Lipinski definition) is 0. The minimum atomic E-state index is -0.379. The maximum atomic E-state index is 10.8. The average molecular weight is 278 g/mol. The molecule has 1 aliphatic rings. The second-order valence-electron chi connectivity index (χ2n) is 4.44. The van der Waals surface area contributed by atoms with E-state index in [1.807, 2.05) is 0 Å². The number of aromatic nitrogens is 2. The number of aryl methyl sites for hydroxylation is 1. The van der Waals surface area contributed by atoms with Crippen molar-refractivity contribution in [1.82, 2.24) is 13.9 Å². The normalized spacial score (nSPS) is 16.3. The van der Waals surface area contributed by atoms with Gasteiger partial charge in [0.2, 0.25) is 0 Å². The summed E-state index contributed by atoms with van der Waals surface area (Å²) >= 11 is 1.63. The molecule has 3 rings (SSSR count). The summed E-state index contributed by atoms with van der Waals surface area (Å²) in [5, 5.41) is 11.7. The maximum Gasteiger partial charge on any atom is 0.271 e. The van der Waals surface area contributed by atoms with Gasteiger partial charge in [0.1, 0.15) is 0 Å². The Morgan fingerprint density at radius 3 is 3.05 bits per heavy atom. The molecule has 0 unspecified atom stereocenters. The highest BCUT2D eigenvalue weighted by Gasteiger charge is 2.19. The molecule has 0 aliphatic carbocycles. The predicted molar refractivity (Wildman–Crippen MR) is 74.1 cm³/mol. The van der Waals surface area contributed by atoms with Crippen LogP contribution in [0.4, 0.5) is 5.69 Å². The fourth-order valence-electron chi connectivity index (χ4n) is 2.28. The van der Waals surface area contributed by atoms with E-state index < -0.39 is 0 Å². The molecule has 0 saturated carbocycles. The maximum absolute atomic E-state index is 10.8. The third kappa shape index (κ3) is 2.19. The number of non-ortho nitro benzene ring substituents is 1. The third-order valence-corrected chi connectivity index (χ3v) is 4.43. The van der Waals surface area contributed by atoms with E-state index in [2.05, 4.69) is 20.8 Å². The van der Waals surface area contributed by atoms with E-state index >= 15 is 0 Å². The van der Waals surface area contributed by atoms with Crippen LogP contribution in [0.15, 0.2) is 23.4 Å². The molecule has 2 aromatic rings. The van der Waals surface area contributed by atoms with Crippen molar-refractivity contribution in [3.05, 3.63) is 28.3 Å². The van der Waals surface area contributed by atoms with Gasteiger partial charge in [-0.3, -0.25) is 10.1 Å². The van der Waals surface area contributed by atoms with E-state index in [0.29, 0.717) is 5.52 Å². The number of nitro groups is 1. The van der Waals surface area contributed by atoms with E-state index in [9.17, 15) is 10.1 Å². The van der Waals surface area contributed by atoms with Crippen molar-refractivity contribution in [2.45, 2.75) is 25.0 Å². The van der Waals surface area contributed by atoms with Crippen LogP contribution in [-0.2, 0) is 6.54 Å². The van der Waals surface area contributed by atoms with Crippen LogP contribution in [0.25, 0.3) is 11.0 Å². The molecule has 1 aliphatic heterocycles. The smallest absolute Gasteiger partial charge is 0.271 e. The van der Waals surface area contributed by atoms with Crippen molar-refractivity contribution in [1.29, 1.82) is 0 Å². The summed E-state index contributed by atoms with van der Waals surface area (Å²) < 4.78 is 4.42. The molecule has 6 nitrogen and oxygen atoms in total. The van der Waals surface area contributed by atoms with Crippen LogP contribution in [0.3, 0.4) is 0 Å². The van der Waals surface area contributed by atoms with Crippen molar-refractivity contribution in [3.8, 4) is 0 Å². The molecule has 0 radical (unpaired) electrons. The van der Waals surface area contributed by atoms with Gasteiger partial charge < -0.3 is 4.57 Å². The number of hydrogen-bond acceptors (Lipinski definition) is 5. The summed E-state index contributed by atoms with van der Waals surface area (Å²) in [6.45, 7) is 5.04. The van der Waals surface area contributed by atoms with Crippen LogP contribution in [0.2, 0.25) is 0 Å². The Balaban J connectivity index is 2.09. The molecule has 0 N–H and O–H groups in total. The molecule has 0 spiro atoms. The van der Waals surface area contributed by atoms with Crippen molar-refractivity contribution in [3.63, 3.8) is 0 Å². The monoisotopic (exact) mass is 278 g/mol. The Bertz CT molecular complexity index is 640. The van der Waals surface area contributed by atoms with Gasteiger partial charge >= 0.3 is 0 Å². The Hall–Kier alpha value is -1.60. The molecule has 0 atom stereocenters. The molecule has 1 aromatic heterocycles. The highest BCUT2D eigenvalue weighted by atomic mass is 32.2. The second kappa shape index (κ2) is 4.82. The van der Waals surface area contributed by atoms with Crippen LogP contribution in [0, 0.1) is 10.1 Å². The van der Waals surface area contributed by atoms with Crippen LogP contribution < -0.4 is 0 Å². The lowest BCUT2D eigenvalue weighted by atomic mass is 10.2. The zero-order valence-electron chi connectivity index (χ0n) is 10.6. The molecule has 0 saturated heterocycles. The largest absolute Gasteiger partial charge is 0.318 e. The van der Waals surface area contributed by atoms with Gasteiger partial charge in [-0.2, -0.15) is 0 Å². The Labute approximate surface area is 114 Å². The molecule has 2 heterocycles. The molecule has 19 heavy (non-hydrogen) atoms. The molecule has 7 heteroatoms. The number of nitrogens with zero attached hydrogens (tertiary/aromatic N) is 4. The zero-order chi connectivity index (χ0) is 13.4. The van der Waals surface area contributed by atoms with Gasteiger partial charge in [0.15, 0.2) is 5.16 Å². The number of rotatable bonds is 2. The van der Waals surface area contributed by atoms with Gasteiger partial charge in [0, 0.05) is 31.8 Å². The lowest BCUT2D eigenvalue weighted by molar-refractivity contribution is -0.384. The third-order valence-electron chi connectivity index (χ3n) is 3.26. The number of imidazole rings is 1. The number of fused-ring (bicyclic) bond motifs is 3. The summed E-state index contributed by atoms with van der Waals surface area (Å²) in [6.07, 6.45) is 1.07. The second-order valence-corrected chi connectivity index (χ2v) is 5.51. The van der Waals surface area contributed by atoms with Crippen LogP contribution >= 0.6 is 11.9 Å². The Morgan fingerprint density at radius 2 is 2.32 bits per heavy atom. The van der Waals surface area contributed by atoms with Crippen molar-refractivity contribution >= 4 is 28.7 Å². The molecule has 100 valence electrons. The zero-order valence-corrected chi connectivity index (χ0v) is 11.4. The quantitative estimate of drug-likeness (QED) is 0.480. The van der Waals surface area contributed by atoms with Gasteiger partial charge in [0.25, 0.3) is 5.69 Å². The minimum absolute atomic E-state index is 0.0955. The SMILES string of the molecule is CCN1CCCn2c(nc3cc([N+](=O)[O-])ccc32)S1. The molecule has 1 aromatic carbocycles. The van der Waals surface area contributed by atoms with E-state index in [0.717, 1.165) is 36.7 Å². The lowest BCUT2D eigenvalue weighted by Crippen LogP contribution is -2.14. The molecule has 0 fully saturated rings. The summed E-state index contributed by atoms with van der Waals surface area (Å²) in [5.74, 6) is 0. The van der Waals surface area contributed by atoms with E-state index in [1.165, 1.54) is 0 Å². The highest BCUT2D eigenvalue weighted by molar-refractivity contribution is 7.96. The first-order valence-electron chi connectivity index (χ1n) is 6.26. The van der Waals surface area contributed by atoms with Crippen molar-refractivity contribution < 1.29 is 4.92 Å². The predicted octanol–water partition coefficient (Wildman–Crippen LogP) is 2.68. The minimum Gasteiger partial charge on any atom is -0.318 e. The summed E-state index contributed by atoms with van der Waals surface area (Å²) in [5.41, 5.74) is 1.78. The van der Waals surface area contributed by atoms with Gasteiger partial charge in [-0.25, -0.2) is 9.29 Å². The topological polar surface area (TPSA) is 64.2 Å². The Kier molecular flexibility index (Phi) is 3.16. The standard InChI is InChI=1S/C12H14N4O2S/c1-2-14-6-3-7-15-11-5-4-9(16(17)18)8-10(11)13-12(15)19-14/h4-5,8H,2-3,6-7H2,1H3. The van der Waals surface area contributed by atoms with Crippen molar-refractivity contribution in [2.75, 3.05) is 13.1 Å². The van der Waals surface area contributed by atoms with Gasteiger partial charge in [-0.15, -0.1) is 0 Å². The summed E-state index contributed by atoms with van der Waals surface area (Å²) in [4.78, 5) is 15.0. The number of benzene rings is 1. The van der Waals surface area contributed by atoms with Crippen molar-refractivity contribution in [2.24, 2.45) is 0 Å². The van der Waals surface area contributed by atoms with Crippen LogP contribution in [-0.4, -0.2) is 31.9 Å². The van der Waals surface area contributed by atoms with E-state index in [1.54, 1.807) is 30.1 Å². The van der Waals surface area contributed by atoms with E-state index in [-0.39, 0.29) is 10.6 Å². The Morgan fingerprint density at radius 1 is 1.47 bits per heavy atom. The number of nitro benzene ring substituents is 1. The van der Waals surface area contributed by atoms with Gasteiger partial charge in [-0.1, -0.05) is 6.92 Å². The molecular formula is C12H14N4O2S.